The summed E-state index contributed by atoms with van der Waals surface area (Å²) in [6.45, 7) is 1.01. The Hall–Kier alpha value is -1.87. The summed E-state index contributed by atoms with van der Waals surface area (Å²) in [5.41, 5.74) is 0. The smallest absolute Gasteiger partial charge is 0.220 e. The number of carbonyl (C=O) groups is 3. The summed E-state index contributed by atoms with van der Waals surface area (Å²) in [7, 11) is 0. The van der Waals surface area contributed by atoms with Crippen LogP contribution in [0.25, 0.3) is 0 Å². The number of rotatable bonds is 21. The zero-order chi connectivity index (χ0) is 34.7. The highest BCUT2D eigenvalue weighted by Gasteiger charge is 2.71. The maximum atomic E-state index is 12.4. The Labute approximate surface area is 273 Å². The maximum absolute atomic E-state index is 12.4. The third-order valence-electron chi connectivity index (χ3n) is 9.01. The Morgan fingerprint density at radius 2 is 1.40 bits per heavy atom. The average Bonchev–Trinajstić information content (AvgIpc) is 3.17. The topological polar surface area (TPSA) is 274 Å². The number of hydrogen-bond acceptors (Lipinski definition) is 15. The van der Waals surface area contributed by atoms with Gasteiger partial charge in [0.05, 0.1) is 43.3 Å². The van der Waals surface area contributed by atoms with E-state index in [1.165, 1.54) is 6.92 Å². The Kier molecular flexibility index (Phi) is 15.8. The second-order valence-electron chi connectivity index (χ2n) is 12.5. The zero-order valence-electron chi connectivity index (χ0n) is 26.7. The lowest BCUT2D eigenvalue weighted by Crippen LogP contribution is -2.63. The number of nitrogens with one attached hydrogen (secondary N) is 2. The third-order valence-corrected chi connectivity index (χ3v) is 9.01. The molecular weight excluding hydrogens is 628 g/mol. The Balaban J connectivity index is 1.19. The average molecular weight is 681 g/mol. The molecule has 0 aromatic carbocycles. The fraction of sp³-hybridized carbons (Fsp3) is 0.900. The molecule has 0 spiro atoms. The van der Waals surface area contributed by atoms with E-state index in [9.17, 15) is 55.2 Å². The minimum absolute atomic E-state index is 0.0932. The van der Waals surface area contributed by atoms with E-state index in [1.807, 2.05) is 0 Å². The van der Waals surface area contributed by atoms with Gasteiger partial charge in [0, 0.05) is 32.6 Å². The Morgan fingerprint density at radius 1 is 0.766 bits per heavy atom. The lowest BCUT2D eigenvalue weighted by molar-refractivity contribution is -0.438. The highest BCUT2D eigenvalue weighted by atomic mass is 16.8. The molecule has 0 bridgehead atoms. The molecule has 1 saturated carbocycles. The lowest BCUT2D eigenvalue weighted by Gasteiger charge is -2.49. The number of amides is 2. The summed E-state index contributed by atoms with van der Waals surface area (Å²) in [5.74, 6) is -4.34. The number of fused-ring (bicyclic) bond motifs is 1. The van der Waals surface area contributed by atoms with E-state index in [0.717, 1.165) is 0 Å². The second kappa shape index (κ2) is 18.8. The number of Topliss-reactive ketones (excluding diaryl/α,β-unsaturated/α-hetero) is 1. The molecule has 272 valence electrons. The molecule has 2 heterocycles. The molecule has 0 aromatic rings. The second-order valence-corrected chi connectivity index (χ2v) is 12.5. The van der Waals surface area contributed by atoms with Gasteiger partial charge >= 0.3 is 0 Å². The first-order chi connectivity index (χ1) is 22.3. The molecule has 2 saturated heterocycles. The van der Waals surface area contributed by atoms with E-state index in [0.29, 0.717) is 51.5 Å². The summed E-state index contributed by atoms with van der Waals surface area (Å²) in [6, 6.07) is -0.651. The number of aliphatic hydroxyl groups excluding tert-OH is 7. The van der Waals surface area contributed by atoms with Crippen molar-refractivity contribution in [2.24, 2.45) is 11.8 Å². The molecule has 10 N–H and O–H groups in total. The Morgan fingerprint density at radius 3 is 2.02 bits per heavy atom. The van der Waals surface area contributed by atoms with Gasteiger partial charge < -0.3 is 70.4 Å². The van der Waals surface area contributed by atoms with E-state index in [1.54, 1.807) is 0 Å². The van der Waals surface area contributed by atoms with E-state index in [-0.39, 0.29) is 43.7 Å². The van der Waals surface area contributed by atoms with Crippen molar-refractivity contribution in [2.45, 2.75) is 126 Å². The van der Waals surface area contributed by atoms with Gasteiger partial charge in [-0.1, -0.05) is 0 Å². The number of ketones is 1. The molecule has 2 aliphatic heterocycles. The van der Waals surface area contributed by atoms with Crippen LogP contribution in [0.5, 0.6) is 0 Å². The normalized spacial score (nSPS) is 35.5. The number of aliphatic hydroxyl groups is 8. The van der Waals surface area contributed by atoms with Crippen LogP contribution in [0.1, 0.15) is 64.7 Å². The summed E-state index contributed by atoms with van der Waals surface area (Å²) < 4.78 is 21.5. The lowest BCUT2D eigenvalue weighted by atomic mass is 9.89. The van der Waals surface area contributed by atoms with Crippen molar-refractivity contribution in [1.29, 1.82) is 0 Å². The van der Waals surface area contributed by atoms with Gasteiger partial charge in [-0.15, -0.1) is 0 Å². The van der Waals surface area contributed by atoms with E-state index in [4.69, 9.17) is 18.9 Å². The first-order valence-corrected chi connectivity index (χ1v) is 16.3. The van der Waals surface area contributed by atoms with Crippen molar-refractivity contribution in [3.8, 4) is 0 Å². The van der Waals surface area contributed by atoms with Crippen LogP contribution in [0.2, 0.25) is 0 Å². The van der Waals surface area contributed by atoms with Crippen molar-refractivity contribution >= 4 is 17.6 Å². The van der Waals surface area contributed by atoms with Crippen molar-refractivity contribution in [3.05, 3.63) is 0 Å². The molecule has 3 fully saturated rings. The van der Waals surface area contributed by atoms with E-state index < -0.39 is 86.1 Å². The summed E-state index contributed by atoms with van der Waals surface area (Å²) in [6.07, 6.45) is -6.41. The zero-order valence-corrected chi connectivity index (χ0v) is 26.7. The van der Waals surface area contributed by atoms with Gasteiger partial charge in [0.15, 0.2) is 24.2 Å². The van der Waals surface area contributed by atoms with Gasteiger partial charge in [0.2, 0.25) is 11.8 Å². The van der Waals surface area contributed by atoms with Crippen LogP contribution in [0.3, 0.4) is 0 Å². The SMILES string of the molecule is CC(=O)C(CCCCNC(=O)CCCCOC1OC2(O)C(CO)C(O)C(O)C12)NC(=O)CCCCOC1OC(CO)C(O)C(O)C1O. The van der Waals surface area contributed by atoms with Crippen molar-refractivity contribution < 1.29 is 74.2 Å². The molecular formula is C30H52N2O15. The largest absolute Gasteiger partial charge is 0.396 e. The van der Waals surface area contributed by atoms with Crippen LogP contribution >= 0.6 is 0 Å². The van der Waals surface area contributed by atoms with Gasteiger partial charge in [-0.05, 0) is 51.9 Å². The minimum Gasteiger partial charge on any atom is -0.396 e. The molecule has 1 aliphatic carbocycles. The molecule has 17 nitrogen and oxygen atoms in total. The quantitative estimate of drug-likeness (QED) is 0.0528. The van der Waals surface area contributed by atoms with Gasteiger partial charge in [-0.3, -0.25) is 14.4 Å². The molecule has 2 amide bonds. The van der Waals surface area contributed by atoms with Crippen molar-refractivity contribution in [2.75, 3.05) is 33.0 Å². The Bertz CT molecular complexity index is 1000. The monoisotopic (exact) mass is 680 g/mol. The van der Waals surface area contributed by atoms with Gasteiger partial charge in [0.1, 0.15) is 24.4 Å². The van der Waals surface area contributed by atoms with Gasteiger partial charge in [-0.25, -0.2) is 0 Å². The molecule has 3 aliphatic rings. The molecule has 0 aromatic heterocycles. The fourth-order valence-electron chi connectivity index (χ4n) is 6.08. The third kappa shape index (κ3) is 10.3. The van der Waals surface area contributed by atoms with Crippen molar-refractivity contribution in [1.82, 2.24) is 10.6 Å². The summed E-state index contributed by atoms with van der Waals surface area (Å²) in [5, 5.41) is 84.2. The van der Waals surface area contributed by atoms with Crippen LogP contribution in [0.4, 0.5) is 0 Å². The highest BCUT2D eigenvalue weighted by molar-refractivity contribution is 5.87. The number of hydrogen-bond donors (Lipinski definition) is 10. The molecule has 17 heteroatoms. The van der Waals surface area contributed by atoms with Gasteiger partial charge in [-0.2, -0.15) is 0 Å². The number of carbonyl (C=O) groups excluding carboxylic acids is 3. The first-order valence-electron chi connectivity index (χ1n) is 16.3. The molecule has 3 rings (SSSR count). The van der Waals surface area contributed by atoms with Crippen LogP contribution < -0.4 is 10.6 Å². The predicted octanol–water partition coefficient (Wildman–Crippen LogP) is -3.47. The maximum Gasteiger partial charge on any atom is 0.220 e. The number of ether oxygens (including phenoxy) is 4. The minimum atomic E-state index is -1.82. The summed E-state index contributed by atoms with van der Waals surface area (Å²) in [4.78, 5) is 36.5. The van der Waals surface area contributed by atoms with Crippen LogP contribution in [-0.2, 0) is 33.3 Å². The fourth-order valence-corrected chi connectivity index (χ4v) is 6.08. The van der Waals surface area contributed by atoms with Crippen LogP contribution in [-0.4, -0.2) is 152 Å². The standard InChI is InChI=1S/C30H52N2O15/c1-16(35)18(32-21(37)10-4-7-13-45-29-27(42)26(41)24(39)19(15-34)46-29)8-2-5-11-31-20(36)9-3-6-12-44-28-22-25(40)23(38)17(14-33)30(22,43)47-28/h17-19,22-29,33-34,38-43H,2-15H2,1H3,(H,31,36)(H,32,37). The van der Waals surface area contributed by atoms with E-state index in [2.05, 4.69) is 10.6 Å². The predicted molar refractivity (Wildman–Crippen MR) is 159 cm³/mol. The number of unbranched alkanes of at least 4 members (excludes halogenated alkanes) is 3. The first kappa shape index (κ1) is 39.6. The summed E-state index contributed by atoms with van der Waals surface area (Å²) >= 11 is 0. The van der Waals surface area contributed by atoms with E-state index >= 15 is 0 Å². The molecule has 12 atom stereocenters. The molecule has 0 radical (unpaired) electrons. The molecule has 47 heavy (non-hydrogen) atoms. The highest BCUT2D eigenvalue weighted by Crippen LogP contribution is 2.52. The van der Waals surface area contributed by atoms with Crippen LogP contribution in [0, 0.1) is 11.8 Å². The van der Waals surface area contributed by atoms with Gasteiger partial charge in [0.25, 0.3) is 0 Å². The van der Waals surface area contributed by atoms with Crippen LogP contribution in [0.15, 0.2) is 0 Å². The van der Waals surface area contributed by atoms with Crippen molar-refractivity contribution in [3.63, 3.8) is 0 Å². The molecule has 12 unspecified atom stereocenters.